The molecule has 1 amide bonds. The van der Waals surface area contributed by atoms with Gasteiger partial charge in [-0.2, -0.15) is 0 Å². The van der Waals surface area contributed by atoms with Gasteiger partial charge in [0.2, 0.25) is 5.91 Å². The van der Waals surface area contributed by atoms with Crippen molar-refractivity contribution in [2.24, 2.45) is 5.92 Å². The Morgan fingerprint density at radius 3 is 2.65 bits per heavy atom. The van der Waals surface area contributed by atoms with E-state index in [0.717, 1.165) is 25.9 Å². The average molecular weight is 284 g/mol. The Morgan fingerprint density at radius 2 is 2.15 bits per heavy atom. The Morgan fingerprint density at radius 1 is 1.45 bits per heavy atom. The van der Waals surface area contributed by atoms with Crippen LogP contribution in [0.1, 0.15) is 39.5 Å². The Kier molecular flexibility index (Phi) is 6.99. The molecule has 0 saturated carbocycles. The molecule has 0 bridgehead atoms. The van der Waals surface area contributed by atoms with Gasteiger partial charge in [-0.3, -0.25) is 9.59 Å². The molecule has 5 heteroatoms. The van der Waals surface area contributed by atoms with Crippen molar-refractivity contribution in [3.05, 3.63) is 0 Å². The minimum absolute atomic E-state index is 0.156. The summed E-state index contributed by atoms with van der Waals surface area (Å²) in [7, 11) is 3.90. The zero-order valence-corrected chi connectivity index (χ0v) is 13.2. The SMILES string of the molecule is CCC(CC(C)C(=O)OCCN(C)C)N1CCCC1=O. The second-order valence-electron chi connectivity index (χ2n) is 5.86. The van der Waals surface area contributed by atoms with Crippen LogP contribution in [0.3, 0.4) is 0 Å². The van der Waals surface area contributed by atoms with E-state index in [1.807, 2.05) is 30.8 Å². The maximum Gasteiger partial charge on any atom is 0.308 e. The van der Waals surface area contributed by atoms with Crippen molar-refractivity contribution < 1.29 is 14.3 Å². The van der Waals surface area contributed by atoms with Gasteiger partial charge in [-0.1, -0.05) is 13.8 Å². The van der Waals surface area contributed by atoms with Gasteiger partial charge < -0.3 is 14.5 Å². The van der Waals surface area contributed by atoms with Gasteiger partial charge in [-0.15, -0.1) is 0 Å². The molecule has 1 aliphatic heterocycles. The monoisotopic (exact) mass is 284 g/mol. The number of carbonyl (C=O) groups is 2. The fourth-order valence-corrected chi connectivity index (χ4v) is 2.54. The number of ether oxygens (including phenoxy) is 1. The molecule has 1 rings (SSSR count). The average Bonchev–Trinajstić information content (AvgIpc) is 2.81. The van der Waals surface area contributed by atoms with E-state index in [0.29, 0.717) is 19.4 Å². The summed E-state index contributed by atoms with van der Waals surface area (Å²) in [4.78, 5) is 27.6. The standard InChI is InChI=1S/C15H28N2O3/c1-5-13(17-8-6-7-14(17)18)11-12(2)15(19)20-10-9-16(3)4/h12-13H,5-11H2,1-4H3. The number of likely N-dealkylation sites (tertiary alicyclic amines) is 1. The van der Waals surface area contributed by atoms with Crippen LogP contribution in [0.15, 0.2) is 0 Å². The number of esters is 1. The maximum atomic E-state index is 11.9. The maximum absolute atomic E-state index is 11.9. The van der Waals surface area contributed by atoms with Crippen LogP contribution in [-0.2, 0) is 14.3 Å². The number of likely N-dealkylation sites (N-methyl/N-ethyl adjacent to an activating group) is 1. The molecule has 0 spiro atoms. The van der Waals surface area contributed by atoms with Gasteiger partial charge in [-0.25, -0.2) is 0 Å². The molecule has 2 unspecified atom stereocenters. The molecule has 116 valence electrons. The van der Waals surface area contributed by atoms with Gasteiger partial charge in [0.05, 0.1) is 5.92 Å². The van der Waals surface area contributed by atoms with Crippen LogP contribution >= 0.6 is 0 Å². The molecule has 0 N–H and O–H groups in total. The lowest BCUT2D eigenvalue weighted by Gasteiger charge is -2.28. The van der Waals surface area contributed by atoms with E-state index in [1.54, 1.807) is 0 Å². The van der Waals surface area contributed by atoms with Gasteiger partial charge in [-0.05, 0) is 33.4 Å². The van der Waals surface area contributed by atoms with E-state index in [-0.39, 0.29) is 23.8 Å². The Balaban J connectivity index is 2.40. The molecule has 1 heterocycles. The molecule has 0 aliphatic carbocycles. The molecule has 20 heavy (non-hydrogen) atoms. The lowest BCUT2D eigenvalue weighted by molar-refractivity contribution is -0.149. The number of hydrogen-bond donors (Lipinski definition) is 0. The van der Waals surface area contributed by atoms with Crippen molar-refractivity contribution in [3.63, 3.8) is 0 Å². The second-order valence-corrected chi connectivity index (χ2v) is 5.86. The van der Waals surface area contributed by atoms with Crippen LogP contribution < -0.4 is 0 Å². The Bertz CT molecular complexity index is 331. The summed E-state index contributed by atoms with van der Waals surface area (Å²) in [5, 5.41) is 0. The second kappa shape index (κ2) is 8.25. The lowest BCUT2D eigenvalue weighted by Crippen LogP contribution is -2.38. The van der Waals surface area contributed by atoms with Crippen LogP contribution in [0, 0.1) is 5.92 Å². The van der Waals surface area contributed by atoms with E-state index in [2.05, 4.69) is 6.92 Å². The fraction of sp³-hybridized carbons (Fsp3) is 0.867. The van der Waals surface area contributed by atoms with E-state index >= 15 is 0 Å². The van der Waals surface area contributed by atoms with E-state index in [4.69, 9.17) is 4.74 Å². The van der Waals surface area contributed by atoms with Crippen molar-refractivity contribution in [2.45, 2.75) is 45.6 Å². The van der Waals surface area contributed by atoms with E-state index in [9.17, 15) is 9.59 Å². The van der Waals surface area contributed by atoms with Crippen molar-refractivity contribution in [1.29, 1.82) is 0 Å². The van der Waals surface area contributed by atoms with E-state index < -0.39 is 0 Å². The summed E-state index contributed by atoms with van der Waals surface area (Å²) < 4.78 is 5.27. The van der Waals surface area contributed by atoms with Gasteiger partial charge in [0.15, 0.2) is 0 Å². The Hall–Kier alpha value is -1.10. The minimum Gasteiger partial charge on any atom is -0.464 e. The first-order chi connectivity index (χ1) is 9.45. The first-order valence-corrected chi connectivity index (χ1v) is 7.56. The van der Waals surface area contributed by atoms with Crippen LogP contribution in [0.2, 0.25) is 0 Å². The largest absolute Gasteiger partial charge is 0.464 e. The first kappa shape index (κ1) is 17.0. The summed E-state index contributed by atoms with van der Waals surface area (Å²) in [5.41, 5.74) is 0. The number of hydrogen-bond acceptors (Lipinski definition) is 4. The highest BCUT2D eigenvalue weighted by Gasteiger charge is 2.29. The number of nitrogens with zero attached hydrogens (tertiary/aromatic N) is 2. The zero-order valence-electron chi connectivity index (χ0n) is 13.2. The summed E-state index contributed by atoms with van der Waals surface area (Å²) >= 11 is 0. The van der Waals surface area contributed by atoms with Crippen LogP contribution in [0.25, 0.3) is 0 Å². The molecule has 0 aromatic carbocycles. The predicted octanol–water partition coefficient (Wildman–Crippen LogP) is 1.52. The third-order valence-electron chi connectivity index (χ3n) is 3.83. The number of amides is 1. The minimum atomic E-state index is -0.157. The van der Waals surface area contributed by atoms with Crippen molar-refractivity contribution in [1.82, 2.24) is 9.80 Å². The lowest BCUT2D eigenvalue weighted by atomic mass is 9.99. The summed E-state index contributed by atoms with van der Waals surface area (Å²) in [6.45, 7) is 5.96. The van der Waals surface area contributed by atoms with Crippen LogP contribution in [-0.4, -0.2) is 61.5 Å². The highest BCUT2D eigenvalue weighted by molar-refractivity contribution is 5.78. The molecule has 5 nitrogen and oxygen atoms in total. The molecule has 0 radical (unpaired) electrons. The molecule has 1 saturated heterocycles. The van der Waals surface area contributed by atoms with Crippen LogP contribution in [0.5, 0.6) is 0 Å². The Labute approximate surface area is 122 Å². The van der Waals surface area contributed by atoms with E-state index in [1.165, 1.54) is 0 Å². The first-order valence-electron chi connectivity index (χ1n) is 7.56. The third-order valence-corrected chi connectivity index (χ3v) is 3.83. The quantitative estimate of drug-likeness (QED) is 0.634. The van der Waals surface area contributed by atoms with Crippen molar-refractivity contribution in [2.75, 3.05) is 33.8 Å². The zero-order chi connectivity index (χ0) is 15.1. The molecule has 2 atom stereocenters. The number of carbonyl (C=O) groups excluding carboxylic acids is 2. The van der Waals surface area contributed by atoms with Gasteiger partial charge in [0.1, 0.15) is 6.61 Å². The van der Waals surface area contributed by atoms with Crippen molar-refractivity contribution >= 4 is 11.9 Å². The van der Waals surface area contributed by atoms with Gasteiger partial charge in [0, 0.05) is 25.6 Å². The third kappa shape index (κ3) is 5.12. The topological polar surface area (TPSA) is 49.9 Å². The highest BCUT2D eigenvalue weighted by atomic mass is 16.5. The number of rotatable bonds is 8. The van der Waals surface area contributed by atoms with Gasteiger partial charge in [0.25, 0.3) is 0 Å². The normalized spacial score (nSPS) is 18.4. The summed E-state index contributed by atoms with van der Waals surface area (Å²) in [5.74, 6) is -0.0857. The predicted molar refractivity (Wildman–Crippen MR) is 78.3 cm³/mol. The summed E-state index contributed by atoms with van der Waals surface area (Å²) in [6.07, 6.45) is 3.18. The molecular weight excluding hydrogens is 256 g/mol. The summed E-state index contributed by atoms with van der Waals surface area (Å²) in [6, 6.07) is 0.168. The molecule has 1 aliphatic rings. The molecule has 0 aromatic rings. The van der Waals surface area contributed by atoms with Crippen LogP contribution in [0.4, 0.5) is 0 Å². The van der Waals surface area contributed by atoms with Crippen molar-refractivity contribution in [3.8, 4) is 0 Å². The fourth-order valence-electron chi connectivity index (χ4n) is 2.54. The molecular formula is C15H28N2O3. The molecule has 0 aromatic heterocycles. The highest BCUT2D eigenvalue weighted by Crippen LogP contribution is 2.21. The van der Waals surface area contributed by atoms with Gasteiger partial charge >= 0.3 is 5.97 Å². The smallest absolute Gasteiger partial charge is 0.308 e. The molecule has 1 fully saturated rings.